The lowest BCUT2D eigenvalue weighted by atomic mass is 9.98. The molecule has 1 aromatic carbocycles. The van der Waals surface area contributed by atoms with Gasteiger partial charge in [0.05, 0.1) is 6.10 Å². The Kier molecular flexibility index (Phi) is 3.82. The molecule has 2 aliphatic heterocycles. The predicted molar refractivity (Wildman–Crippen MR) is 76.5 cm³/mol. The van der Waals surface area contributed by atoms with E-state index in [0.717, 1.165) is 25.7 Å². The van der Waals surface area contributed by atoms with Crippen molar-refractivity contribution in [2.45, 2.75) is 50.4 Å². The molecule has 0 aromatic heterocycles. The Morgan fingerprint density at radius 1 is 1.33 bits per heavy atom. The topological polar surface area (TPSA) is 82.1 Å². The number of piperidine rings is 1. The summed E-state index contributed by atoms with van der Waals surface area (Å²) in [5, 5.41) is 21.3. The summed E-state index contributed by atoms with van der Waals surface area (Å²) in [5.74, 6) is -0.439. The van der Waals surface area contributed by atoms with Crippen molar-refractivity contribution in [2.24, 2.45) is 10.9 Å². The summed E-state index contributed by atoms with van der Waals surface area (Å²) in [5.41, 5.74) is 6.44. The Labute approximate surface area is 122 Å². The summed E-state index contributed by atoms with van der Waals surface area (Å²) in [7, 11) is 0. The quantitative estimate of drug-likeness (QED) is 0.340. The van der Waals surface area contributed by atoms with Crippen molar-refractivity contribution < 1.29 is 14.7 Å². The molecule has 2 aliphatic rings. The van der Waals surface area contributed by atoms with Crippen LogP contribution in [0.15, 0.2) is 23.4 Å². The number of hydrogen-bond acceptors (Lipinski definition) is 4. The Bertz CT molecular complexity index is 550. The van der Waals surface area contributed by atoms with E-state index in [4.69, 9.17) is 10.9 Å². The fraction of sp³-hybridized carbons (Fsp3) is 0.533. The molecule has 5 nitrogen and oxygen atoms in total. The van der Waals surface area contributed by atoms with Gasteiger partial charge in [-0.1, -0.05) is 17.3 Å². The molecule has 0 amide bonds. The Hall–Kier alpha value is -1.66. The molecule has 2 heterocycles. The van der Waals surface area contributed by atoms with Crippen LogP contribution in [0.25, 0.3) is 0 Å². The smallest absolute Gasteiger partial charge is 0.170 e. The van der Waals surface area contributed by atoms with Gasteiger partial charge < -0.3 is 16.0 Å². The summed E-state index contributed by atoms with van der Waals surface area (Å²) >= 11 is 0. The SMILES string of the molecule is NC(=NO)c1ccc(CN2C3CCC2CC(O)C3)c(F)c1. The van der Waals surface area contributed by atoms with E-state index in [2.05, 4.69) is 10.1 Å². The fourth-order valence-corrected chi connectivity index (χ4v) is 3.59. The number of nitrogens with two attached hydrogens (primary N) is 1. The molecule has 2 unspecified atom stereocenters. The number of halogens is 1. The van der Waals surface area contributed by atoms with Crippen molar-refractivity contribution in [1.82, 2.24) is 4.90 Å². The Morgan fingerprint density at radius 3 is 2.57 bits per heavy atom. The first-order chi connectivity index (χ1) is 10.1. The molecule has 0 spiro atoms. The minimum atomic E-state index is -0.343. The molecule has 2 bridgehead atoms. The molecule has 0 aliphatic carbocycles. The molecule has 21 heavy (non-hydrogen) atoms. The molecule has 6 heteroatoms. The second kappa shape index (κ2) is 5.61. The zero-order chi connectivity index (χ0) is 15.0. The summed E-state index contributed by atoms with van der Waals surface area (Å²) < 4.78 is 14.2. The average Bonchev–Trinajstić information content (AvgIpc) is 2.70. The number of benzene rings is 1. The van der Waals surface area contributed by atoms with E-state index in [1.165, 1.54) is 6.07 Å². The van der Waals surface area contributed by atoms with Crippen LogP contribution in [-0.2, 0) is 6.54 Å². The first kappa shape index (κ1) is 14.3. The number of rotatable bonds is 3. The predicted octanol–water partition coefficient (Wildman–Crippen LogP) is 1.41. The van der Waals surface area contributed by atoms with Crippen LogP contribution in [0.2, 0.25) is 0 Å². The van der Waals surface area contributed by atoms with Crippen LogP contribution in [0.1, 0.15) is 36.8 Å². The zero-order valence-corrected chi connectivity index (χ0v) is 11.7. The average molecular weight is 293 g/mol. The Morgan fingerprint density at radius 2 is 2.00 bits per heavy atom. The van der Waals surface area contributed by atoms with Gasteiger partial charge in [-0.3, -0.25) is 4.90 Å². The highest BCUT2D eigenvalue weighted by atomic mass is 19.1. The minimum absolute atomic E-state index is 0.0957. The van der Waals surface area contributed by atoms with Crippen molar-refractivity contribution in [3.8, 4) is 0 Å². The lowest BCUT2D eigenvalue weighted by Crippen LogP contribution is -2.44. The molecule has 2 atom stereocenters. The number of aliphatic hydroxyl groups is 1. The van der Waals surface area contributed by atoms with E-state index in [9.17, 15) is 9.50 Å². The molecule has 3 rings (SSSR count). The van der Waals surface area contributed by atoms with Crippen LogP contribution < -0.4 is 5.73 Å². The number of oxime groups is 1. The van der Waals surface area contributed by atoms with E-state index in [-0.39, 0.29) is 17.8 Å². The van der Waals surface area contributed by atoms with Gasteiger partial charge in [-0.2, -0.15) is 0 Å². The third-order valence-electron chi connectivity index (χ3n) is 4.67. The second-order valence-electron chi connectivity index (χ2n) is 5.97. The van der Waals surface area contributed by atoms with E-state index in [1.54, 1.807) is 12.1 Å². The molecule has 4 N–H and O–H groups in total. The number of fused-ring (bicyclic) bond motifs is 2. The first-order valence-corrected chi connectivity index (χ1v) is 7.28. The third kappa shape index (κ3) is 2.73. The van der Waals surface area contributed by atoms with E-state index in [0.29, 0.717) is 29.8 Å². The maximum Gasteiger partial charge on any atom is 0.170 e. The molecule has 114 valence electrons. The molecule has 2 saturated heterocycles. The van der Waals surface area contributed by atoms with Crippen molar-refractivity contribution >= 4 is 5.84 Å². The summed E-state index contributed by atoms with van der Waals surface area (Å²) in [4.78, 5) is 2.30. The van der Waals surface area contributed by atoms with Gasteiger partial charge in [0.1, 0.15) is 5.82 Å². The van der Waals surface area contributed by atoms with Crippen molar-refractivity contribution in [3.05, 3.63) is 35.1 Å². The number of aliphatic hydroxyl groups excluding tert-OH is 1. The van der Waals surface area contributed by atoms with Crippen LogP contribution in [0, 0.1) is 5.82 Å². The van der Waals surface area contributed by atoms with Crippen LogP contribution >= 0.6 is 0 Å². The molecule has 0 radical (unpaired) electrons. The molecular formula is C15H20FN3O2. The normalized spacial score (nSPS) is 29.8. The highest BCUT2D eigenvalue weighted by Gasteiger charge is 2.40. The van der Waals surface area contributed by atoms with Gasteiger partial charge in [-0.05, 0) is 31.7 Å². The van der Waals surface area contributed by atoms with Gasteiger partial charge in [0.2, 0.25) is 0 Å². The minimum Gasteiger partial charge on any atom is -0.409 e. The highest BCUT2D eigenvalue weighted by molar-refractivity contribution is 5.97. The number of nitrogens with zero attached hydrogens (tertiary/aromatic N) is 2. The molecule has 2 fully saturated rings. The van der Waals surface area contributed by atoms with Crippen molar-refractivity contribution in [2.75, 3.05) is 0 Å². The maximum absolute atomic E-state index is 14.2. The van der Waals surface area contributed by atoms with Gasteiger partial charge >= 0.3 is 0 Å². The van der Waals surface area contributed by atoms with Gasteiger partial charge in [0.25, 0.3) is 0 Å². The van der Waals surface area contributed by atoms with Crippen LogP contribution in [0.3, 0.4) is 0 Å². The van der Waals surface area contributed by atoms with Crippen LogP contribution in [0.4, 0.5) is 4.39 Å². The van der Waals surface area contributed by atoms with Gasteiger partial charge in [0.15, 0.2) is 5.84 Å². The number of hydrogen-bond donors (Lipinski definition) is 3. The molecule has 0 saturated carbocycles. The Balaban J connectivity index is 1.77. The summed E-state index contributed by atoms with van der Waals surface area (Å²) in [6.45, 7) is 0.546. The van der Waals surface area contributed by atoms with Crippen LogP contribution in [-0.4, -0.2) is 39.2 Å². The van der Waals surface area contributed by atoms with E-state index >= 15 is 0 Å². The number of amidine groups is 1. The van der Waals surface area contributed by atoms with Gasteiger partial charge in [0, 0.05) is 29.8 Å². The van der Waals surface area contributed by atoms with E-state index in [1.807, 2.05) is 0 Å². The largest absolute Gasteiger partial charge is 0.409 e. The van der Waals surface area contributed by atoms with Crippen molar-refractivity contribution in [1.29, 1.82) is 0 Å². The van der Waals surface area contributed by atoms with Gasteiger partial charge in [-0.25, -0.2) is 4.39 Å². The fourth-order valence-electron chi connectivity index (χ4n) is 3.59. The summed E-state index contributed by atoms with van der Waals surface area (Å²) in [6, 6.07) is 5.34. The van der Waals surface area contributed by atoms with E-state index < -0.39 is 0 Å². The van der Waals surface area contributed by atoms with Crippen molar-refractivity contribution in [3.63, 3.8) is 0 Å². The first-order valence-electron chi connectivity index (χ1n) is 7.28. The summed E-state index contributed by atoms with van der Waals surface area (Å²) in [6.07, 6.45) is 3.49. The lowest BCUT2D eigenvalue weighted by Gasteiger charge is -2.37. The monoisotopic (exact) mass is 293 g/mol. The third-order valence-corrected chi connectivity index (χ3v) is 4.67. The zero-order valence-electron chi connectivity index (χ0n) is 11.7. The van der Waals surface area contributed by atoms with Gasteiger partial charge in [-0.15, -0.1) is 0 Å². The molecular weight excluding hydrogens is 273 g/mol. The molecule has 1 aromatic rings. The second-order valence-corrected chi connectivity index (χ2v) is 5.97. The highest BCUT2D eigenvalue weighted by Crippen LogP contribution is 2.37. The van der Waals surface area contributed by atoms with Crippen LogP contribution in [0.5, 0.6) is 0 Å². The lowest BCUT2D eigenvalue weighted by molar-refractivity contribution is 0.0305. The standard InChI is InChI=1S/C15H20FN3O2/c16-14-5-9(15(17)18-21)1-2-10(14)8-19-11-3-4-12(19)7-13(20)6-11/h1-2,5,11-13,20-21H,3-4,6-8H2,(H2,17,18). The maximum atomic E-state index is 14.2.